The second-order valence-corrected chi connectivity index (χ2v) is 7.30. The van der Waals surface area contributed by atoms with E-state index in [-0.39, 0.29) is 6.42 Å². The Bertz CT molecular complexity index is 880. The minimum Gasteiger partial charge on any atom is -0.351 e. The molecule has 0 aliphatic heterocycles. The van der Waals surface area contributed by atoms with Gasteiger partial charge >= 0.3 is 41.7 Å². The summed E-state index contributed by atoms with van der Waals surface area (Å²) in [6.45, 7) is 0.469. The largest absolute Gasteiger partial charge is 0.460 e. The molecule has 1 unspecified atom stereocenters. The highest BCUT2D eigenvalue weighted by atomic mass is 19.4. The highest BCUT2D eigenvalue weighted by Crippen LogP contribution is 2.62. The molecule has 0 saturated heterocycles. The Labute approximate surface area is 186 Å². The summed E-state index contributed by atoms with van der Waals surface area (Å²) in [6, 6.07) is 7.65. The number of amides is 1. The SMILES string of the molecule is CC(CCNC(=O)C(F)(F)C(F)(F)C(F)(F)C(F)(F)C(F)(F)C(F)(F)C(F)(F)F)c1ccccc1. The van der Waals surface area contributed by atoms with Gasteiger partial charge in [0.05, 0.1) is 0 Å². The van der Waals surface area contributed by atoms with Crippen molar-refractivity contribution >= 4 is 5.91 Å². The Hall–Kier alpha value is -2.36. The predicted octanol–water partition coefficient (Wildman–Crippen LogP) is 6.67. The number of carbonyl (C=O) groups excluding carboxylic acids is 1. The second-order valence-electron chi connectivity index (χ2n) is 7.30. The normalized spacial score (nSPS) is 15.7. The lowest BCUT2D eigenvalue weighted by molar-refractivity contribution is -0.449. The van der Waals surface area contributed by atoms with E-state index >= 15 is 0 Å². The molecule has 202 valence electrons. The highest BCUT2D eigenvalue weighted by Gasteiger charge is 2.94. The average molecular weight is 545 g/mol. The van der Waals surface area contributed by atoms with Gasteiger partial charge in [-0.15, -0.1) is 0 Å². The number of hydrogen-bond acceptors (Lipinski definition) is 1. The minimum atomic E-state index is -8.42. The molecule has 1 aromatic carbocycles. The van der Waals surface area contributed by atoms with Crippen LogP contribution in [-0.2, 0) is 4.79 Å². The first-order valence-corrected chi connectivity index (χ1v) is 9.08. The van der Waals surface area contributed by atoms with Gasteiger partial charge < -0.3 is 5.32 Å². The topological polar surface area (TPSA) is 29.1 Å². The van der Waals surface area contributed by atoms with Crippen LogP contribution in [0.2, 0.25) is 0 Å². The first-order valence-electron chi connectivity index (χ1n) is 9.08. The molecule has 1 amide bonds. The van der Waals surface area contributed by atoms with E-state index in [0.717, 1.165) is 5.32 Å². The highest BCUT2D eigenvalue weighted by molar-refractivity contribution is 5.84. The number of benzene rings is 1. The first-order chi connectivity index (χ1) is 15.4. The van der Waals surface area contributed by atoms with Gasteiger partial charge in [-0.05, 0) is 17.9 Å². The maximum atomic E-state index is 13.8. The molecule has 1 N–H and O–H groups in total. The van der Waals surface area contributed by atoms with Crippen LogP contribution >= 0.6 is 0 Å². The molecule has 1 aromatic rings. The van der Waals surface area contributed by atoms with Crippen LogP contribution in [0, 0.1) is 0 Å². The monoisotopic (exact) mass is 545 g/mol. The molecule has 0 saturated carbocycles. The molecule has 0 bridgehead atoms. The first kappa shape index (κ1) is 30.7. The second kappa shape index (κ2) is 9.26. The lowest BCUT2D eigenvalue weighted by atomic mass is 9.90. The molecule has 0 aromatic heterocycles. The van der Waals surface area contributed by atoms with Crippen molar-refractivity contribution in [2.45, 2.75) is 61.0 Å². The van der Waals surface area contributed by atoms with E-state index in [9.17, 15) is 70.7 Å². The average Bonchev–Trinajstić information content (AvgIpc) is 2.72. The molecule has 2 nitrogen and oxygen atoms in total. The van der Waals surface area contributed by atoms with E-state index in [4.69, 9.17) is 0 Å². The predicted molar refractivity (Wildman–Crippen MR) is 88.2 cm³/mol. The van der Waals surface area contributed by atoms with Crippen LogP contribution in [0.3, 0.4) is 0 Å². The third-order valence-electron chi connectivity index (χ3n) is 4.84. The number of hydrogen-bond donors (Lipinski definition) is 1. The van der Waals surface area contributed by atoms with Gasteiger partial charge in [0.1, 0.15) is 0 Å². The summed E-state index contributed by atoms with van der Waals surface area (Å²) in [5, 5.41) is 0.984. The summed E-state index contributed by atoms with van der Waals surface area (Å²) < 4.78 is 197. The summed E-state index contributed by atoms with van der Waals surface area (Å²) >= 11 is 0. The lowest BCUT2D eigenvalue weighted by Crippen LogP contribution is -2.74. The van der Waals surface area contributed by atoms with Crippen molar-refractivity contribution in [2.24, 2.45) is 0 Å². The molecule has 17 heteroatoms. The van der Waals surface area contributed by atoms with E-state index in [0.29, 0.717) is 5.56 Å². The van der Waals surface area contributed by atoms with Crippen molar-refractivity contribution in [3.8, 4) is 0 Å². The summed E-state index contributed by atoms with van der Waals surface area (Å²) in [5.74, 6) is -51.9. The molecule has 0 aliphatic rings. The third kappa shape index (κ3) is 4.86. The van der Waals surface area contributed by atoms with E-state index < -0.39 is 60.1 Å². The van der Waals surface area contributed by atoms with Crippen LogP contribution in [0.5, 0.6) is 0 Å². The summed E-state index contributed by atoms with van der Waals surface area (Å²) in [6.07, 6.45) is -8.00. The van der Waals surface area contributed by atoms with E-state index in [2.05, 4.69) is 0 Å². The van der Waals surface area contributed by atoms with E-state index in [1.807, 2.05) is 0 Å². The smallest absolute Gasteiger partial charge is 0.351 e. The van der Waals surface area contributed by atoms with Crippen LogP contribution in [0.25, 0.3) is 0 Å². The third-order valence-corrected chi connectivity index (χ3v) is 4.84. The van der Waals surface area contributed by atoms with Crippen LogP contribution in [0.4, 0.5) is 65.9 Å². The van der Waals surface area contributed by atoms with E-state index in [1.54, 1.807) is 6.07 Å². The zero-order valence-corrected chi connectivity index (χ0v) is 17.0. The van der Waals surface area contributed by atoms with Gasteiger partial charge in [0, 0.05) is 6.54 Å². The quantitative estimate of drug-likeness (QED) is 0.327. The van der Waals surface area contributed by atoms with E-state index in [1.165, 1.54) is 31.2 Å². The van der Waals surface area contributed by atoms with Gasteiger partial charge in [-0.3, -0.25) is 4.79 Å². The Balaban J connectivity index is 3.19. The van der Waals surface area contributed by atoms with Gasteiger partial charge in [0.25, 0.3) is 5.91 Å². The molecule has 0 aliphatic carbocycles. The number of rotatable bonds is 10. The van der Waals surface area contributed by atoms with Gasteiger partial charge in [-0.1, -0.05) is 37.3 Å². The fourth-order valence-electron chi connectivity index (χ4n) is 2.57. The Kier molecular flexibility index (Phi) is 8.11. The van der Waals surface area contributed by atoms with Gasteiger partial charge in [-0.2, -0.15) is 65.9 Å². The number of carbonyl (C=O) groups is 1. The zero-order chi connectivity index (χ0) is 27.9. The molecule has 1 atom stereocenters. The molecule has 0 spiro atoms. The van der Waals surface area contributed by atoms with Crippen molar-refractivity contribution < 1.29 is 70.7 Å². The number of nitrogens with one attached hydrogen (secondary N) is 1. The fraction of sp³-hybridized carbons (Fsp3) is 0.611. The maximum absolute atomic E-state index is 13.8. The summed E-state index contributed by atoms with van der Waals surface area (Å²) in [4.78, 5) is 11.4. The van der Waals surface area contributed by atoms with Crippen molar-refractivity contribution in [3.63, 3.8) is 0 Å². The Morgan fingerprint density at radius 1 is 0.686 bits per heavy atom. The van der Waals surface area contributed by atoms with Crippen molar-refractivity contribution in [1.82, 2.24) is 5.32 Å². The Morgan fingerprint density at radius 3 is 1.51 bits per heavy atom. The van der Waals surface area contributed by atoms with Crippen LogP contribution in [-0.4, -0.2) is 54.2 Å². The summed E-state index contributed by atoms with van der Waals surface area (Å²) in [7, 11) is 0. The van der Waals surface area contributed by atoms with Crippen molar-refractivity contribution in [1.29, 1.82) is 0 Å². The molecule has 0 heterocycles. The van der Waals surface area contributed by atoms with Crippen LogP contribution in [0.1, 0.15) is 24.8 Å². The summed E-state index contributed by atoms with van der Waals surface area (Å²) in [5.41, 5.74) is 0.526. The Morgan fingerprint density at radius 2 is 1.09 bits per heavy atom. The maximum Gasteiger partial charge on any atom is 0.460 e. The minimum absolute atomic E-state index is 0.320. The standard InChI is InChI=1S/C18H14F15NO/c1-9(10-5-3-2-4-6-10)7-8-34-11(35)12(19,20)13(21,22)14(23,24)15(25,26)16(27,28)17(29,30)18(31,32)33/h2-6,9H,7-8H2,1H3,(H,34,35). The molecule has 0 fully saturated rings. The fourth-order valence-corrected chi connectivity index (χ4v) is 2.57. The van der Waals surface area contributed by atoms with Gasteiger partial charge in [0.15, 0.2) is 0 Å². The van der Waals surface area contributed by atoms with Gasteiger partial charge in [-0.25, -0.2) is 0 Å². The van der Waals surface area contributed by atoms with Gasteiger partial charge in [0.2, 0.25) is 0 Å². The molecular formula is C18H14F15NO. The molecule has 0 radical (unpaired) electrons. The number of halogens is 15. The van der Waals surface area contributed by atoms with Crippen LogP contribution < -0.4 is 5.32 Å². The van der Waals surface area contributed by atoms with Crippen molar-refractivity contribution in [2.75, 3.05) is 6.54 Å². The number of alkyl halides is 15. The zero-order valence-electron chi connectivity index (χ0n) is 17.0. The van der Waals surface area contributed by atoms with Crippen LogP contribution in [0.15, 0.2) is 30.3 Å². The lowest BCUT2D eigenvalue weighted by Gasteiger charge is -2.41. The molecular weight excluding hydrogens is 531 g/mol. The molecule has 1 rings (SSSR count). The van der Waals surface area contributed by atoms with Crippen molar-refractivity contribution in [3.05, 3.63) is 35.9 Å². The molecule has 35 heavy (non-hydrogen) atoms.